The van der Waals surface area contributed by atoms with Crippen molar-refractivity contribution in [1.29, 1.82) is 0 Å². The number of amidine groups is 1. The van der Waals surface area contributed by atoms with E-state index in [4.69, 9.17) is 5.73 Å². The molecule has 1 rings (SSSR count). The van der Waals surface area contributed by atoms with Crippen molar-refractivity contribution in [2.45, 2.75) is 40.0 Å². The number of piperidine rings is 1. The van der Waals surface area contributed by atoms with Gasteiger partial charge in [-0.25, -0.2) is 0 Å². The first kappa shape index (κ1) is 13.5. The number of nitrogens with zero attached hydrogens (tertiary/aromatic N) is 2. The maximum Gasteiger partial charge on any atom is 0.0991 e. The zero-order chi connectivity index (χ0) is 12.2. The highest BCUT2D eigenvalue weighted by Gasteiger charge is 2.17. The minimum atomic E-state index is 0.0206. The highest BCUT2D eigenvalue weighted by molar-refractivity contribution is 5.85. The fourth-order valence-electron chi connectivity index (χ4n) is 1.96. The van der Waals surface area contributed by atoms with Gasteiger partial charge in [-0.05, 0) is 45.3 Å². The van der Waals surface area contributed by atoms with E-state index in [1.807, 2.05) is 0 Å². The van der Waals surface area contributed by atoms with Crippen molar-refractivity contribution in [2.24, 2.45) is 22.1 Å². The van der Waals surface area contributed by atoms with Crippen LogP contribution in [0, 0.1) is 11.3 Å². The summed E-state index contributed by atoms with van der Waals surface area (Å²) in [6.45, 7) is 9.72. The molecule has 0 unspecified atom stereocenters. The Kier molecular flexibility index (Phi) is 4.78. The van der Waals surface area contributed by atoms with E-state index in [0.717, 1.165) is 18.3 Å². The van der Waals surface area contributed by atoms with E-state index in [-0.39, 0.29) is 5.41 Å². The van der Waals surface area contributed by atoms with Crippen LogP contribution >= 0.6 is 0 Å². The van der Waals surface area contributed by atoms with E-state index in [1.165, 1.54) is 32.4 Å². The maximum absolute atomic E-state index is 5.93. The third kappa shape index (κ3) is 4.52. The van der Waals surface area contributed by atoms with Gasteiger partial charge in [0.15, 0.2) is 0 Å². The summed E-state index contributed by atoms with van der Waals surface area (Å²) in [6.07, 6.45) is 3.84. The van der Waals surface area contributed by atoms with Gasteiger partial charge in [-0.15, -0.1) is 0 Å². The van der Waals surface area contributed by atoms with Crippen molar-refractivity contribution in [3.63, 3.8) is 0 Å². The lowest BCUT2D eigenvalue weighted by Gasteiger charge is -2.28. The number of likely N-dealkylation sites (tertiary alicyclic amines) is 1. The van der Waals surface area contributed by atoms with Crippen molar-refractivity contribution in [3.8, 4) is 0 Å². The van der Waals surface area contributed by atoms with Crippen molar-refractivity contribution < 1.29 is 0 Å². The molecule has 1 aliphatic rings. The summed E-state index contributed by atoms with van der Waals surface area (Å²) in [5.41, 5.74) is 5.95. The molecule has 1 saturated heterocycles. The minimum Gasteiger partial charge on any atom is -0.387 e. The lowest BCUT2D eigenvalue weighted by molar-refractivity contribution is 0.214. The van der Waals surface area contributed by atoms with Gasteiger partial charge in [0.1, 0.15) is 0 Å². The van der Waals surface area contributed by atoms with Crippen molar-refractivity contribution >= 4 is 5.84 Å². The second-order valence-corrected chi connectivity index (χ2v) is 6.05. The van der Waals surface area contributed by atoms with Gasteiger partial charge < -0.3 is 10.6 Å². The van der Waals surface area contributed by atoms with E-state index < -0.39 is 0 Å². The summed E-state index contributed by atoms with van der Waals surface area (Å²) in [7, 11) is 2.20. The summed E-state index contributed by atoms with van der Waals surface area (Å²) >= 11 is 0. The standard InChI is InChI=1S/C13H27N3/c1-13(2,3)12(14)15-8-5-11-6-9-16(4)10-7-11/h11H,5-10H2,1-4H3,(H2,14,15). The van der Waals surface area contributed by atoms with Gasteiger partial charge in [-0.2, -0.15) is 0 Å². The van der Waals surface area contributed by atoms with Crippen LogP contribution in [0.15, 0.2) is 4.99 Å². The number of hydrogen-bond donors (Lipinski definition) is 1. The Morgan fingerprint density at radius 2 is 1.88 bits per heavy atom. The molecule has 0 atom stereocenters. The van der Waals surface area contributed by atoms with Gasteiger partial charge in [0.05, 0.1) is 5.84 Å². The van der Waals surface area contributed by atoms with Crippen LogP contribution in [0.1, 0.15) is 40.0 Å². The van der Waals surface area contributed by atoms with Gasteiger partial charge in [0, 0.05) is 12.0 Å². The third-order valence-corrected chi connectivity index (χ3v) is 3.43. The summed E-state index contributed by atoms with van der Waals surface area (Å²) in [4.78, 5) is 6.90. The number of aliphatic imine (C=N–C) groups is 1. The van der Waals surface area contributed by atoms with Gasteiger partial charge in [0.2, 0.25) is 0 Å². The molecular weight excluding hydrogens is 198 g/mol. The van der Waals surface area contributed by atoms with Gasteiger partial charge in [0.25, 0.3) is 0 Å². The number of hydrogen-bond acceptors (Lipinski definition) is 2. The van der Waals surface area contributed by atoms with Gasteiger partial charge >= 0.3 is 0 Å². The predicted octanol–water partition coefficient (Wildman–Crippen LogP) is 2.12. The topological polar surface area (TPSA) is 41.6 Å². The van der Waals surface area contributed by atoms with E-state index >= 15 is 0 Å². The van der Waals surface area contributed by atoms with E-state index in [2.05, 4.69) is 37.7 Å². The second-order valence-electron chi connectivity index (χ2n) is 6.05. The normalized spacial score (nSPS) is 21.4. The van der Waals surface area contributed by atoms with Crippen LogP contribution < -0.4 is 5.73 Å². The maximum atomic E-state index is 5.93. The molecule has 0 bridgehead atoms. The molecule has 16 heavy (non-hydrogen) atoms. The van der Waals surface area contributed by atoms with Crippen LogP contribution in [0.5, 0.6) is 0 Å². The second kappa shape index (κ2) is 5.67. The first-order valence-electron chi connectivity index (χ1n) is 6.38. The molecule has 0 aromatic heterocycles. The van der Waals surface area contributed by atoms with Crippen LogP contribution in [0.2, 0.25) is 0 Å². The number of nitrogens with two attached hydrogens (primary N) is 1. The van der Waals surface area contributed by atoms with Crippen molar-refractivity contribution in [2.75, 3.05) is 26.7 Å². The fourth-order valence-corrected chi connectivity index (χ4v) is 1.96. The molecule has 0 radical (unpaired) electrons. The summed E-state index contributed by atoms with van der Waals surface area (Å²) in [6, 6.07) is 0. The molecule has 0 aromatic rings. The SMILES string of the molecule is CN1CCC(CCN=C(N)C(C)(C)C)CC1. The first-order chi connectivity index (χ1) is 7.39. The molecular formula is C13H27N3. The van der Waals surface area contributed by atoms with E-state index in [9.17, 15) is 0 Å². The minimum absolute atomic E-state index is 0.0206. The Bertz CT molecular complexity index is 232. The van der Waals surface area contributed by atoms with Gasteiger partial charge in [-0.3, -0.25) is 4.99 Å². The molecule has 1 fully saturated rings. The molecule has 0 aliphatic carbocycles. The first-order valence-corrected chi connectivity index (χ1v) is 6.38. The lowest BCUT2D eigenvalue weighted by atomic mass is 9.93. The largest absolute Gasteiger partial charge is 0.387 e. The number of rotatable bonds is 3. The van der Waals surface area contributed by atoms with Crippen molar-refractivity contribution in [1.82, 2.24) is 4.90 Å². The summed E-state index contributed by atoms with van der Waals surface area (Å²) in [5, 5.41) is 0. The Morgan fingerprint density at radius 1 is 1.31 bits per heavy atom. The lowest BCUT2D eigenvalue weighted by Crippen LogP contribution is -2.31. The Morgan fingerprint density at radius 3 is 2.38 bits per heavy atom. The van der Waals surface area contributed by atoms with Crippen LogP contribution in [-0.4, -0.2) is 37.4 Å². The average Bonchev–Trinajstić information content (AvgIpc) is 2.19. The highest BCUT2D eigenvalue weighted by atomic mass is 15.1. The third-order valence-electron chi connectivity index (χ3n) is 3.43. The van der Waals surface area contributed by atoms with Crippen LogP contribution in [0.4, 0.5) is 0 Å². The molecule has 0 saturated carbocycles. The Hall–Kier alpha value is -0.570. The van der Waals surface area contributed by atoms with E-state index in [1.54, 1.807) is 0 Å². The predicted molar refractivity (Wildman–Crippen MR) is 70.8 cm³/mol. The van der Waals surface area contributed by atoms with Crippen LogP contribution in [0.25, 0.3) is 0 Å². The fraction of sp³-hybridized carbons (Fsp3) is 0.923. The molecule has 0 aromatic carbocycles. The summed E-state index contributed by atoms with van der Waals surface area (Å²) < 4.78 is 0. The highest BCUT2D eigenvalue weighted by Crippen LogP contribution is 2.20. The van der Waals surface area contributed by atoms with E-state index in [0.29, 0.717) is 0 Å². The smallest absolute Gasteiger partial charge is 0.0991 e. The monoisotopic (exact) mass is 225 g/mol. The molecule has 1 heterocycles. The Labute approximate surface area is 100 Å². The molecule has 3 nitrogen and oxygen atoms in total. The quantitative estimate of drug-likeness (QED) is 0.590. The van der Waals surface area contributed by atoms with Crippen molar-refractivity contribution in [3.05, 3.63) is 0 Å². The van der Waals surface area contributed by atoms with Crippen LogP contribution in [0.3, 0.4) is 0 Å². The molecule has 0 amide bonds. The molecule has 1 aliphatic heterocycles. The zero-order valence-electron chi connectivity index (χ0n) is 11.3. The van der Waals surface area contributed by atoms with Gasteiger partial charge in [-0.1, -0.05) is 20.8 Å². The zero-order valence-corrected chi connectivity index (χ0v) is 11.3. The molecule has 94 valence electrons. The molecule has 0 spiro atoms. The van der Waals surface area contributed by atoms with Crippen LogP contribution in [-0.2, 0) is 0 Å². The average molecular weight is 225 g/mol. The Balaban J connectivity index is 2.25. The molecule has 3 heteroatoms. The molecule has 2 N–H and O–H groups in total. The summed E-state index contributed by atoms with van der Waals surface area (Å²) in [5.74, 6) is 1.65.